The van der Waals surface area contributed by atoms with Gasteiger partial charge in [-0.1, -0.05) is 15.9 Å². The molecule has 0 atom stereocenters. The third-order valence-corrected chi connectivity index (χ3v) is 1.97. The number of nitrogens with one attached hydrogen (secondary N) is 1. The van der Waals surface area contributed by atoms with Crippen LogP contribution in [0.15, 0.2) is 18.6 Å². The molecule has 1 heterocycles. The van der Waals surface area contributed by atoms with E-state index in [0.717, 1.165) is 5.69 Å². The summed E-state index contributed by atoms with van der Waals surface area (Å²) < 4.78 is -0.542. The molecule has 0 saturated heterocycles. The van der Waals surface area contributed by atoms with E-state index in [9.17, 15) is 4.79 Å². The van der Waals surface area contributed by atoms with E-state index in [-0.39, 0.29) is 5.91 Å². The smallest absolute Gasteiger partial charge is 0.236 e. The molecule has 0 aliphatic rings. The van der Waals surface area contributed by atoms with Crippen LogP contribution in [0.4, 0.5) is 0 Å². The van der Waals surface area contributed by atoms with Gasteiger partial charge in [-0.2, -0.15) is 0 Å². The molecule has 1 N–H and O–H groups in total. The summed E-state index contributed by atoms with van der Waals surface area (Å²) in [7, 11) is 0. The number of carbonyl (C=O) groups is 1. The normalized spacial score (nSPS) is 11.1. The Hall–Kier alpha value is -0.970. The summed E-state index contributed by atoms with van der Waals surface area (Å²) in [6.07, 6.45) is 3.11. The highest BCUT2D eigenvalue weighted by Gasteiger charge is 2.22. The number of carbonyl (C=O) groups excluding carboxylic acids is 1. The fraction of sp³-hybridized carbons (Fsp3) is 0.444. The van der Waals surface area contributed by atoms with Crippen molar-refractivity contribution in [2.45, 2.75) is 24.7 Å². The second-order valence-electron chi connectivity index (χ2n) is 3.36. The summed E-state index contributed by atoms with van der Waals surface area (Å²) >= 11 is 3.27. The lowest BCUT2D eigenvalue weighted by atomic mass is 10.2. The minimum Gasteiger partial charge on any atom is -0.349 e. The number of rotatable bonds is 3. The van der Waals surface area contributed by atoms with Crippen molar-refractivity contribution < 1.29 is 4.79 Å². The third kappa shape index (κ3) is 3.41. The molecule has 1 aromatic rings. The van der Waals surface area contributed by atoms with Gasteiger partial charge in [0.25, 0.3) is 0 Å². The minimum absolute atomic E-state index is 0.0592. The van der Waals surface area contributed by atoms with Crippen LogP contribution in [0.1, 0.15) is 19.5 Å². The SMILES string of the molecule is CC(C)(Br)C(=O)NCc1ccncn1. The highest BCUT2D eigenvalue weighted by molar-refractivity contribution is 9.10. The molecule has 1 amide bonds. The van der Waals surface area contributed by atoms with Crippen molar-refractivity contribution in [3.63, 3.8) is 0 Å². The van der Waals surface area contributed by atoms with Crippen LogP contribution < -0.4 is 5.32 Å². The summed E-state index contributed by atoms with van der Waals surface area (Å²) in [6.45, 7) is 4.01. The van der Waals surface area contributed by atoms with Gasteiger partial charge >= 0.3 is 0 Å². The van der Waals surface area contributed by atoms with Crippen LogP contribution >= 0.6 is 15.9 Å². The standard InChI is InChI=1S/C9H12BrN3O/c1-9(2,10)8(14)12-5-7-3-4-11-6-13-7/h3-4,6H,5H2,1-2H3,(H,12,14). The molecule has 0 bridgehead atoms. The van der Waals surface area contributed by atoms with Crippen molar-refractivity contribution in [1.29, 1.82) is 0 Å². The van der Waals surface area contributed by atoms with Gasteiger partial charge in [-0.05, 0) is 19.9 Å². The van der Waals surface area contributed by atoms with E-state index < -0.39 is 4.32 Å². The number of hydrogen-bond donors (Lipinski definition) is 1. The monoisotopic (exact) mass is 257 g/mol. The summed E-state index contributed by atoms with van der Waals surface area (Å²) in [5, 5.41) is 2.76. The van der Waals surface area contributed by atoms with Gasteiger partial charge < -0.3 is 5.32 Å². The zero-order valence-electron chi connectivity index (χ0n) is 8.12. The fourth-order valence-electron chi connectivity index (χ4n) is 0.804. The molecule has 0 aromatic carbocycles. The largest absolute Gasteiger partial charge is 0.349 e. The van der Waals surface area contributed by atoms with Crippen LogP contribution in [-0.2, 0) is 11.3 Å². The van der Waals surface area contributed by atoms with Gasteiger partial charge in [-0.25, -0.2) is 9.97 Å². The Morgan fingerprint density at radius 3 is 2.86 bits per heavy atom. The van der Waals surface area contributed by atoms with Crippen molar-refractivity contribution in [3.05, 3.63) is 24.3 Å². The van der Waals surface area contributed by atoms with Gasteiger partial charge in [0.15, 0.2) is 0 Å². The van der Waals surface area contributed by atoms with Crippen molar-refractivity contribution in [2.75, 3.05) is 0 Å². The van der Waals surface area contributed by atoms with Crippen LogP contribution in [0.25, 0.3) is 0 Å². The molecule has 5 heteroatoms. The first-order chi connectivity index (χ1) is 6.50. The molecule has 0 saturated carbocycles. The van der Waals surface area contributed by atoms with Crippen LogP contribution in [-0.4, -0.2) is 20.2 Å². The van der Waals surface area contributed by atoms with Crippen LogP contribution in [0.2, 0.25) is 0 Å². The molecule has 76 valence electrons. The number of amides is 1. The van der Waals surface area contributed by atoms with Crippen LogP contribution in [0.3, 0.4) is 0 Å². The number of nitrogens with zero attached hydrogens (tertiary/aromatic N) is 2. The molecule has 4 nitrogen and oxygen atoms in total. The molecule has 0 radical (unpaired) electrons. The molecular formula is C9H12BrN3O. The summed E-state index contributed by atoms with van der Waals surface area (Å²) in [5.41, 5.74) is 0.796. The summed E-state index contributed by atoms with van der Waals surface area (Å²) in [6, 6.07) is 1.77. The highest BCUT2D eigenvalue weighted by Crippen LogP contribution is 2.15. The number of alkyl halides is 1. The summed E-state index contributed by atoms with van der Waals surface area (Å²) in [4.78, 5) is 19.2. The third-order valence-electron chi connectivity index (χ3n) is 1.61. The van der Waals surface area contributed by atoms with Gasteiger partial charge in [0.1, 0.15) is 6.33 Å². The average molecular weight is 258 g/mol. The van der Waals surface area contributed by atoms with E-state index in [2.05, 4.69) is 31.2 Å². The Morgan fingerprint density at radius 1 is 1.64 bits per heavy atom. The van der Waals surface area contributed by atoms with E-state index in [4.69, 9.17) is 0 Å². The van der Waals surface area contributed by atoms with E-state index in [1.807, 2.05) is 0 Å². The van der Waals surface area contributed by atoms with Crippen molar-refractivity contribution in [2.24, 2.45) is 0 Å². The van der Waals surface area contributed by atoms with E-state index in [1.54, 1.807) is 26.1 Å². The molecule has 14 heavy (non-hydrogen) atoms. The molecule has 0 fully saturated rings. The molecule has 1 rings (SSSR count). The number of halogens is 1. The molecule has 0 aliphatic heterocycles. The zero-order valence-corrected chi connectivity index (χ0v) is 9.71. The molecule has 0 aliphatic carbocycles. The average Bonchev–Trinajstić information content (AvgIpc) is 2.14. The highest BCUT2D eigenvalue weighted by atomic mass is 79.9. The van der Waals surface area contributed by atoms with Crippen LogP contribution in [0, 0.1) is 0 Å². The van der Waals surface area contributed by atoms with Gasteiger partial charge in [0.05, 0.1) is 16.6 Å². The number of aromatic nitrogens is 2. The fourth-order valence-corrected chi connectivity index (χ4v) is 0.944. The predicted octanol–water partition coefficient (Wildman–Crippen LogP) is 1.27. The van der Waals surface area contributed by atoms with E-state index in [1.165, 1.54) is 6.33 Å². The van der Waals surface area contributed by atoms with Crippen LogP contribution in [0.5, 0.6) is 0 Å². The summed E-state index contributed by atoms with van der Waals surface area (Å²) in [5.74, 6) is -0.0592. The van der Waals surface area contributed by atoms with E-state index >= 15 is 0 Å². The van der Waals surface area contributed by atoms with Gasteiger partial charge in [-0.3, -0.25) is 4.79 Å². The zero-order chi connectivity index (χ0) is 10.6. The minimum atomic E-state index is -0.542. The second kappa shape index (κ2) is 4.50. The lowest BCUT2D eigenvalue weighted by Gasteiger charge is -2.15. The number of hydrogen-bond acceptors (Lipinski definition) is 3. The van der Waals surface area contributed by atoms with Gasteiger partial charge in [0, 0.05) is 6.20 Å². The lowest BCUT2D eigenvalue weighted by molar-refractivity contribution is -0.122. The van der Waals surface area contributed by atoms with Gasteiger partial charge in [-0.15, -0.1) is 0 Å². The maximum atomic E-state index is 11.4. The van der Waals surface area contributed by atoms with E-state index in [0.29, 0.717) is 6.54 Å². The maximum absolute atomic E-state index is 11.4. The maximum Gasteiger partial charge on any atom is 0.236 e. The lowest BCUT2D eigenvalue weighted by Crippen LogP contribution is -2.37. The Labute approximate surface area is 91.3 Å². The first-order valence-electron chi connectivity index (χ1n) is 4.22. The van der Waals surface area contributed by atoms with Crippen molar-refractivity contribution >= 4 is 21.8 Å². The second-order valence-corrected chi connectivity index (χ2v) is 5.34. The Balaban J connectivity index is 2.46. The molecule has 0 spiro atoms. The van der Waals surface area contributed by atoms with Gasteiger partial charge in [0.2, 0.25) is 5.91 Å². The predicted molar refractivity (Wildman–Crippen MR) is 56.9 cm³/mol. The molecule has 0 unspecified atom stereocenters. The Kier molecular flexibility index (Phi) is 3.57. The van der Waals surface area contributed by atoms with Crippen molar-refractivity contribution in [3.8, 4) is 0 Å². The Bertz CT molecular complexity index is 308. The molecular weight excluding hydrogens is 246 g/mol. The quantitative estimate of drug-likeness (QED) is 0.830. The molecule has 1 aromatic heterocycles. The Morgan fingerprint density at radius 2 is 2.36 bits per heavy atom. The topological polar surface area (TPSA) is 54.9 Å². The first-order valence-corrected chi connectivity index (χ1v) is 5.01. The van der Waals surface area contributed by atoms with Crippen molar-refractivity contribution in [1.82, 2.24) is 15.3 Å². The first kappa shape index (κ1) is 11.1.